The minimum Gasteiger partial charge on any atom is -0.0654 e. The maximum absolute atomic E-state index is 4.09. The van der Waals surface area contributed by atoms with E-state index in [1.54, 1.807) is 0 Å². The van der Waals surface area contributed by atoms with Crippen molar-refractivity contribution < 1.29 is 0 Å². The average Bonchev–Trinajstić information content (AvgIpc) is 1.54. The van der Waals surface area contributed by atoms with Gasteiger partial charge in [0.1, 0.15) is 0 Å². The summed E-state index contributed by atoms with van der Waals surface area (Å²) >= 11 is 4.09. The SMILES string of the molecule is CCCCCCc1cc(-c2ccc(-c3cc(CCCCCC)c(-c4ccc(-c5cc(CCCCCC)c(-c6ccc(-c7cc(CCCCCC)c(-c8ccc(-c9ccc(-c%10ccc%11c(c%10)C(C)(C)c%10cc(-c%12ccc(-c%13ccc%14c(c%13)C(c%13ccccc%13)(c%13ccccc%13)c%13ccccc%13-%14)cc%12)ccc%10-%11)cc9)cc8)cc7CCCCCC)cc6)cc5CCCCCC)cc4)cc3CCCCCC)cc2)c(CCCCCC)cc1Br. The van der Waals surface area contributed by atoms with Crippen molar-refractivity contribution >= 4 is 15.9 Å². The van der Waals surface area contributed by atoms with Crippen LogP contribution in [0.15, 0.2) is 338 Å². The Morgan fingerprint density at radius 1 is 0.154 bits per heavy atom. The highest BCUT2D eigenvalue weighted by molar-refractivity contribution is 9.10. The van der Waals surface area contributed by atoms with E-state index in [0.717, 1.165) is 51.4 Å². The molecule has 2 aliphatic rings. The highest BCUT2D eigenvalue weighted by Crippen LogP contribution is 2.58. The van der Waals surface area contributed by atoms with E-state index in [1.165, 1.54) is 432 Å². The molecule has 0 aromatic heterocycles. The molecule has 0 heterocycles. The molecule has 0 unspecified atom stereocenters. The summed E-state index contributed by atoms with van der Waals surface area (Å²) in [5, 5.41) is 0. The van der Waals surface area contributed by atoms with Crippen LogP contribution in [0.25, 0.3) is 145 Å². The predicted molar refractivity (Wildman–Crippen MR) is 652 cm³/mol. The van der Waals surface area contributed by atoms with E-state index >= 15 is 0 Å². The van der Waals surface area contributed by atoms with Gasteiger partial charge in [-0.15, -0.1) is 0 Å². The third-order valence-corrected chi connectivity index (χ3v) is 34.3. The van der Waals surface area contributed by atoms with Gasteiger partial charge in [0.05, 0.1) is 5.41 Å². The number of halogens is 1. The molecule has 0 spiro atoms. The molecule has 0 aliphatic heterocycles. The highest BCUT2D eigenvalue weighted by Gasteiger charge is 2.46. The van der Waals surface area contributed by atoms with Crippen LogP contribution in [0.2, 0.25) is 0 Å². The molecule has 0 saturated heterocycles. The van der Waals surface area contributed by atoms with E-state index in [0.29, 0.717) is 0 Å². The molecule has 764 valence electrons. The first-order valence-corrected chi connectivity index (χ1v) is 59.6. The normalized spacial score (nSPS) is 12.6. The summed E-state index contributed by atoms with van der Waals surface area (Å²) in [7, 11) is 0. The summed E-state index contributed by atoms with van der Waals surface area (Å²) in [5.41, 5.74) is 53.8. The second kappa shape index (κ2) is 52.2. The Balaban J connectivity index is 0.605. The van der Waals surface area contributed by atoms with Gasteiger partial charge in [0.25, 0.3) is 0 Å². The molecule has 0 nitrogen and oxygen atoms in total. The third-order valence-electron chi connectivity index (χ3n) is 33.6. The molecule has 2 aliphatic carbocycles. The summed E-state index contributed by atoms with van der Waals surface area (Å²) in [4.78, 5) is 0. The average molecular weight is 2020 g/mol. The van der Waals surface area contributed by atoms with E-state index in [4.69, 9.17) is 0 Å². The van der Waals surface area contributed by atoms with Crippen molar-refractivity contribution in [3.8, 4) is 145 Å². The number of fused-ring (bicyclic) bond motifs is 6. The monoisotopic (exact) mass is 2020 g/mol. The van der Waals surface area contributed by atoms with E-state index in [-0.39, 0.29) is 5.41 Å². The summed E-state index contributed by atoms with van der Waals surface area (Å²) in [6.45, 7) is 23.6. The number of unbranched alkanes of at least 4 members (excludes halogenated alkanes) is 24. The maximum atomic E-state index is 4.09. The molecule has 18 rings (SSSR count). The smallest absolute Gasteiger partial charge is 0.0654 e. The van der Waals surface area contributed by atoms with Crippen molar-refractivity contribution in [2.75, 3.05) is 0 Å². The lowest BCUT2D eigenvalue weighted by molar-refractivity contribution is 0.661. The zero-order chi connectivity index (χ0) is 103. The highest BCUT2D eigenvalue weighted by atomic mass is 79.9. The van der Waals surface area contributed by atoms with Crippen molar-refractivity contribution in [3.05, 3.63) is 416 Å². The number of benzene rings is 16. The first kappa shape index (κ1) is 107. The molecule has 16 aromatic carbocycles. The summed E-state index contributed by atoms with van der Waals surface area (Å²) in [5.74, 6) is 0. The Hall–Kier alpha value is -12.0. The fourth-order valence-electron chi connectivity index (χ4n) is 24.9. The van der Waals surface area contributed by atoms with Crippen LogP contribution < -0.4 is 0 Å². The minimum absolute atomic E-state index is 0.187. The number of rotatable bonds is 53. The van der Waals surface area contributed by atoms with Crippen LogP contribution in [0.1, 0.15) is 353 Å². The van der Waals surface area contributed by atoms with E-state index in [2.05, 4.69) is 419 Å². The first-order chi connectivity index (χ1) is 73.2. The Morgan fingerprint density at radius 2 is 0.349 bits per heavy atom. The fourth-order valence-corrected chi connectivity index (χ4v) is 25.5. The maximum Gasteiger partial charge on any atom is 0.0713 e. The zero-order valence-corrected chi connectivity index (χ0v) is 93.5. The Kier molecular flexibility index (Phi) is 37.4. The van der Waals surface area contributed by atoms with Crippen LogP contribution in [0.3, 0.4) is 0 Å². The Morgan fingerprint density at radius 3 is 0.611 bits per heavy atom. The van der Waals surface area contributed by atoms with Crippen molar-refractivity contribution in [2.45, 2.75) is 337 Å². The van der Waals surface area contributed by atoms with Crippen LogP contribution in [-0.4, -0.2) is 0 Å². The van der Waals surface area contributed by atoms with E-state index < -0.39 is 5.41 Å². The molecule has 1 heteroatoms. The Bertz CT molecular complexity index is 7020. The van der Waals surface area contributed by atoms with E-state index in [9.17, 15) is 0 Å². The van der Waals surface area contributed by atoms with Crippen molar-refractivity contribution in [1.82, 2.24) is 0 Å². The standard InChI is InChI=1S/C148H165Br/c1-11-19-27-37-51-121-96-136(112-77-79-113(80-78-112)137-97-124(54-40-30-22-14-4)138(98-123(137)53-39-29-21-13-3)114-81-83-115(84-82-114)139-99-126(56-42-32-24-16-6)140(100-125(139)55-41-31-23-15-5)116-85-87-117(88-86-116)141-101-128(58-44-34-26-18-8)146(149)105-127(141)57-43-33-25-17-7)122(52-38-28-20-12-2)95-135(121)111-75-73-107(74-76-111)106-65-67-108(68-66-106)118-89-92-132-133-93-90-119(103-144(133)147(9,10)143(132)102-118)109-69-71-110(72-70-109)120-91-94-134-131-63-49-50-64-142(131)148(145(134)104-120,129-59-45-35-46-60-129)130-61-47-36-48-62-130/h35-36,45-50,59-105H,11-34,37-44,51-58H2,1-10H3. The van der Waals surface area contributed by atoms with Crippen LogP contribution in [-0.2, 0) is 62.2 Å². The summed E-state index contributed by atoms with van der Waals surface area (Å²) < 4.78 is 1.29. The quantitative estimate of drug-likeness (QED) is 0.0333. The van der Waals surface area contributed by atoms with Crippen molar-refractivity contribution in [3.63, 3.8) is 0 Å². The fraction of sp³-hybridized carbons (Fsp3) is 0.351. The molecular formula is C148H165Br. The van der Waals surface area contributed by atoms with Gasteiger partial charge < -0.3 is 0 Å². The summed E-state index contributed by atoms with van der Waals surface area (Å²) in [6, 6.07) is 132. The topological polar surface area (TPSA) is 0 Å². The molecule has 0 fully saturated rings. The van der Waals surface area contributed by atoms with Gasteiger partial charge in [0.2, 0.25) is 0 Å². The van der Waals surface area contributed by atoms with E-state index in [1.807, 2.05) is 0 Å². The van der Waals surface area contributed by atoms with Gasteiger partial charge >= 0.3 is 0 Å². The number of hydrogen-bond acceptors (Lipinski definition) is 0. The summed E-state index contributed by atoms with van der Waals surface area (Å²) in [6.07, 6.45) is 48.7. The van der Waals surface area contributed by atoms with Gasteiger partial charge in [-0.05, 0) is 356 Å². The van der Waals surface area contributed by atoms with Gasteiger partial charge in [-0.2, -0.15) is 0 Å². The van der Waals surface area contributed by atoms with Gasteiger partial charge in [-0.3, -0.25) is 0 Å². The molecule has 0 atom stereocenters. The van der Waals surface area contributed by atoms with Gasteiger partial charge in [-0.1, -0.05) is 543 Å². The molecule has 149 heavy (non-hydrogen) atoms. The second-order valence-electron chi connectivity index (χ2n) is 44.5. The minimum atomic E-state index is -0.440. The van der Waals surface area contributed by atoms with Crippen LogP contribution in [0.5, 0.6) is 0 Å². The van der Waals surface area contributed by atoms with Crippen molar-refractivity contribution in [2.24, 2.45) is 0 Å². The molecule has 16 aromatic rings. The largest absolute Gasteiger partial charge is 0.0713 e. The molecule has 0 radical (unpaired) electrons. The second-order valence-corrected chi connectivity index (χ2v) is 45.3. The number of aryl methyl sites for hydroxylation is 8. The lowest BCUT2D eigenvalue weighted by Crippen LogP contribution is -2.28. The lowest BCUT2D eigenvalue weighted by Gasteiger charge is -2.34. The van der Waals surface area contributed by atoms with Gasteiger partial charge in [0, 0.05) is 9.89 Å². The molecule has 0 amide bonds. The number of hydrogen-bond donors (Lipinski definition) is 0. The van der Waals surface area contributed by atoms with Crippen molar-refractivity contribution in [1.29, 1.82) is 0 Å². The van der Waals surface area contributed by atoms with Gasteiger partial charge in [0.15, 0.2) is 0 Å². The van der Waals surface area contributed by atoms with Gasteiger partial charge in [-0.25, -0.2) is 0 Å². The molecule has 0 saturated carbocycles. The molecular weight excluding hydrogens is 1860 g/mol. The predicted octanol–water partition coefficient (Wildman–Crippen LogP) is 44.4. The molecule has 0 bridgehead atoms. The zero-order valence-electron chi connectivity index (χ0n) is 91.9. The van der Waals surface area contributed by atoms with Crippen LogP contribution >= 0.6 is 15.9 Å². The third kappa shape index (κ3) is 24.8. The first-order valence-electron chi connectivity index (χ1n) is 58.8. The van der Waals surface area contributed by atoms with Crippen LogP contribution in [0, 0.1) is 0 Å². The molecule has 0 N–H and O–H groups in total. The Labute approximate surface area is 906 Å². The van der Waals surface area contributed by atoms with Crippen LogP contribution in [0.4, 0.5) is 0 Å². The lowest BCUT2D eigenvalue weighted by atomic mass is 9.67.